The van der Waals surface area contributed by atoms with Crippen molar-refractivity contribution in [3.05, 3.63) is 11.9 Å². The maximum absolute atomic E-state index is 5.42. The number of aromatic nitrogens is 2. The SMILES string of the molecule is CCCc1nc(NN)cc(N(C)CCSC)n1. The fourth-order valence-corrected chi connectivity index (χ4v) is 1.89. The third kappa shape index (κ3) is 4.40. The molecule has 0 bridgehead atoms. The topological polar surface area (TPSA) is 67.1 Å². The minimum absolute atomic E-state index is 0.675. The van der Waals surface area contributed by atoms with E-state index in [1.54, 1.807) is 0 Å². The van der Waals surface area contributed by atoms with Crippen LogP contribution in [0, 0.1) is 0 Å². The number of nitrogens with one attached hydrogen (secondary N) is 1. The smallest absolute Gasteiger partial charge is 0.145 e. The molecule has 1 aromatic heterocycles. The number of nitrogens with two attached hydrogens (primary N) is 1. The van der Waals surface area contributed by atoms with Gasteiger partial charge in [0.05, 0.1) is 0 Å². The van der Waals surface area contributed by atoms with Crippen LogP contribution in [0.3, 0.4) is 0 Å². The van der Waals surface area contributed by atoms with Crippen molar-refractivity contribution in [2.45, 2.75) is 19.8 Å². The molecule has 0 radical (unpaired) electrons. The van der Waals surface area contributed by atoms with E-state index in [0.717, 1.165) is 36.8 Å². The van der Waals surface area contributed by atoms with Gasteiger partial charge in [0.1, 0.15) is 17.5 Å². The van der Waals surface area contributed by atoms with Crippen molar-refractivity contribution in [2.24, 2.45) is 5.84 Å². The molecule has 0 fully saturated rings. The van der Waals surface area contributed by atoms with Gasteiger partial charge in [-0.15, -0.1) is 0 Å². The number of hydrogen-bond donors (Lipinski definition) is 2. The lowest BCUT2D eigenvalue weighted by atomic mass is 10.3. The fraction of sp³-hybridized carbons (Fsp3) is 0.636. The van der Waals surface area contributed by atoms with E-state index in [1.165, 1.54) is 0 Å². The first-order chi connectivity index (χ1) is 8.21. The maximum Gasteiger partial charge on any atom is 0.145 e. The lowest BCUT2D eigenvalue weighted by molar-refractivity contribution is 0.820. The number of thioether (sulfide) groups is 1. The average molecular weight is 255 g/mol. The molecule has 0 spiro atoms. The Bertz CT molecular complexity index is 345. The van der Waals surface area contributed by atoms with Gasteiger partial charge >= 0.3 is 0 Å². The Morgan fingerprint density at radius 2 is 2.24 bits per heavy atom. The van der Waals surface area contributed by atoms with Gasteiger partial charge in [0.15, 0.2) is 0 Å². The monoisotopic (exact) mass is 255 g/mol. The summed E-state index contributed by atoms with van der Waals surface area (Å²) in [5.41, 5.74) is 2.59. The molecule has 6 heteroatoms. The fourth-order valence-electron chi connectivity index (χ4n) is 1.43. The molecule has 3 N–H and O–H groups in total. The lowest BCUT2D eigenvalue weighted by Gasteiger charge is -2.18. The number of hydrogen-bond acceptors (Lipinski definition) is 6. The van der Waals surface area contributed by atoms with Crippen molar-refractivity contribution in [3.63, 3.8) is 0 Å². The molecule has 1 aromatic rings. The van der Waals surface area contributed by atoms with Crippen molar-refractivity contribution in [3.8, 4) is 0 Å². The van der Waals surface area contributed by atoms with E-state index in [4.69, 9.17) is 5.84 Å². The number of rotatable bonds is 7. The molecule has 0 amide bonds. The molecule has 0 aliphatic rings. The minimum atomic E-state index is 0.675. The second-order valence-corrected chi connectivity index (χ2v) is 4.82. The molecule has 17 heavy (non-hydrogen) atoms. The highest BCUT2D eigenvalue weighted by atomic mass is 32.2. The zero-order valence-corrected chi connectivity index (χ0v) is 11.5. The Hall–Kier alpha value is -1.01. The first-order valence-corrected chi connectivity index (χ1v) is 7.15. The largest absolute Gasteiger partial charge is 0.359 e. The molecule has 1 rings (SSSR count). The van der Waals surface area contributed by atoms with Gasteiger partial charge in [0.25, 0.3) is 0 Å². The number of nitrogen functional groups attached to an aromatic ring is 1. The summed E-state index contributed by atoms with van der Waals surface area (Å²) in [6, 6.07) is 1.87. The second-order valence-electron chi connectivity index (χ2n) is 3.84. The van der Waals surface area contributed by atoms with Crippen molar-refractivity contribution in [2.75, 3.05) is 35.9 Å². The maximum atomic E-state index is 5.42. The molecule has 0 unspecified atom stereocenters. The summed E-state index contributed by atoms with van der Waals surface area (Å²) >= 11 is 1.82. The van der Waals surface area contributed by atoms with Crippen LogP contribution in [0.2, 0.25) is 0 Å². The Labute approximate surface area is 107 Å². The van der Waals surface area contributed by atoms with Crippen LogP contribution in [0.15, 0.2) is 6.07 Å². The molecule has 0 aromatic carbocycles. The van der Waals surface area contributed by atoms with Gasteiger partial charge in [0, 0.05) is 31.8 Å². The van der Waals surface area contributed by atoms with Crippen molar-refractivity contribution >= 4 is 23.4 Å². The van der Waals surface area contributed by atoms with Gasteiger partial charge < -0.3 is 10.3 Å². The molecular formula is C11H21N5S. The van der Waals surface area contributed by atoms with E-state index in [1.807, 2.05) is 24.9 Å². The Morgan fingerprint density at radius 1 is 1.47 bits per heavy atom. The lowest BCUT2D eigenvalue weighted by Crippen LogP contribution is -2.23. The average Bonchev–Trinajstić information content (AvgIpc) is 2.35. The highest BCUT2D eigenvalue weighted by Gasteiger charge is 2.07. The number of hydrazine groups is 1. The number of anilines is 2. The Kier molecular flexibility index (Phi) is 6.07. The van der Waals surface area contributed by atoms with Crippen LogP contribution in [-0.4, -0.2) is 35.6 Å². The van der Waals surface area contributed by atoms with E-state index in [2.05, 4.69) is 33.5 Å². The van der Waals surface area contributed by atoms with Crippen LogP contribution < -0.4 is 16.2 Å². The third-order valence-electron chi connectivity index (χ3n) is 2.40. The molecule has 0 atom stereocenters. The zero-order valence-electron chi connectivity index (χ0n) is 10.7. The molecular weight excluding hydrogens is 234 g/mol. The van der Waals surface area contributed by atoms with Gasteiger partial charge in [0.2, 0.25) is 0 Å². The highest BCUT2D eigenvalue weighted by Crippen LogP contribution is 2.15. The zero-order chi connectivity index (χ0) is 12.7. The highest BCUT2D eigenvalue weighted by molar-refractivity contribution is 7.98. The van der Waals surface area contributed by atoms with E-state index in [0.29, 0.717) is 5.82 Å². The van der Waals surface area contributed by atoms with E-state index in [-0.39, 0.29) is 0 Å². The van der Waals surface area contributed by atoms with Gasteiger partial charge in [-0.1, -0.05) is 6.92 Å². The molecule has 5 nitrogen and oxygen atoms in total. The standard InChI is InChI=1S/C11H21N5S/c1-4-5-9-13-10(15-12)8-11(14-9)16(2)6-7-17-3/h8H,4-7,12H2,1-3H3,(H,13,14,15). The van der Waals surface area contributed by atoms with Crippen LogP contribution in [0.4, 0.5) is 11.6 Å². The van der Waals surface area contributed by atoms with Gasteiger partial charge in [-0.25, -0.2) is 15.8 Å². The van der Waals surface area contributed by atoms with Crippen LogP contribution >= 0.6 is 11.8 Å². The minimum Gasteiger partial charge on any atom is -0.359 e. The van der Waals surface area contributed by atoms with Crippen LogP contribution in [-0.2, 0) is 6.42 Å². The third-order valence-corrected chi connectivity index (χ3v) is 2.99. The summed E-state index contributed by atoms with van der Waals surface area (Å²) in [5.74, 6) is 8.94. The summed E-state index contributed by atoms with van der Waals surface area (Å²) in [5, 5.41) is 0. The van der Waals surface area contributed by atoms with E-state index in [9.17, 15) is 0 Å². The van der Waals surface area contributed by atoms with Crippen molar-refractivity contribution in [1.29, 1.82) is 0 Å². The summed E-state index contributed by atoms with van der Waals surface area (Å²) in [6.07, 6.45) is 4.00. The van der Waals surface area contributed by atoms with Crippen LogP contribution in [0.25, 0.3) is 0 Å². The summed E-state index contributed by atoms with van der Waals surface area (Å²) < 4.78 is 0. The van der Waals surface area contributed by atoms with Crippen molar-refractivity contribution in [1.82, 2.24) is 9.97 Å². The van der Waals surface area contributed by atoms with Gasteiger partial charge in [-0.3, -0.25) is 0 Å². The molecule has 96 valence electrons. The number of nitrogens with zero attached hydrogens (tertiary/aromatic N) is 3. The van der Waals surface area contributed by atoms with Crippen molar-refractivity contribution < 1.29 is 0 Å². The molecule has 0 aliphatic heterocycles. The van der Waals surface area contributed by atoms with E-state index >= 15 is 0 Å². The predicted molar refractivity (Wildman–Crippen MR) is 75.5 cm³/mol. The number of aryl methyl sites for hydroxylation is 1. The molecule has 0 saturated carbocycles. The molecule has 1 heterocycles. The molecule has 0 aliphatic carbocycles. The van der Waals surface area contributed by atoms with Gasteiger partial charge in [-0.2, -0.15) is 11.8 Å². The summed E-state index contributed by atoms with van der Waals surface area (Å²) in [4.78, 5) is 11.0. The first-order valence-electron chi connectivity index (χ1n) is 5.76. The van der Waals surface area contributed by atoms with Gasteiger partial charge in [-0.05, 0) is 12.7 Å². The summed E-state index contributed by atoms with van der Waals surface area (Å²) in [6.45, 7) is 3.08. The van der Waals surface area contributed by atoms with Crippen LogP contribution in [0.1, 0.15) is 19.2 Å². The summed E-state index contributed by atoms with van der Waals surface area (Å²) in [7, 11) is 2.04. The molecule has 0 saturated heterocycles. The Morgan fingerprint density at radius 3 is 2.82 bits per heavy atom. The van der Waals surface area contributed by atoms with E-state index < -0.39 is 0 Å². The van der Waals surface area contributed by atoms with Crippen LogP contribution in [0.5, 0.6) is 0 Å². The second kappa shape index (κ2) is 7.34. The normalized spacial score (nSPS) is 10.4. The first kappa shape index (κ1) is 14.1. The quantitative estimate of drug-likeness (QED) is 0.569. The Balaban J connectivity index is 2.85. The predicted octanol–water partition coefficient (Wildman–Crippen LogP) is 1.51.